The number of amides is 2. The zero-order valence-corrected chi connectivity index (χ0v) is 19.3. The zero-order valence-electron chi connectivity index (χ0n) is 18.5. The number of aromatic nitrogens is 2. The van der Waals surface area contributed by atoms with Gasteiger partial charge >= 0.3 is 0 Å². The van der Waals surface area contributed by atoms with Crippen LogP contribution >= 0.6 is 11.3 Å². The molecule has 1 aliphatic carbocycles. The zero-order chi connectivity index (χ0) is 22.2. The van der Waals surface area contributed by atoms with Gasteiger partial charge in [-0.05, 0) is 50.6 Å². The van der Waals surface area contributed by atoms with E-state index in [0.717, 1.165) is 59.2 Å². The number of aromatic amines is 1. The second-order valence-electron chi connectivity index (χ2n) is 9.03. The number of carbonyl (C=O) groups is 2. The number of hydrogen-bond acceptors (Lipinski definition) is 5. The van der Waals surface area contributed by atoms with Crippen LogP contribution in [0.3, 0.4) is 0 Å². The van der Waals surface area contributed by atoms with E-state index in [1.165, 1.54) is 11.3 Å². The van der Waals surface area contributed by atoms with Gasteiger partial charge in [0.15, 0.2) is 0 Å². The minimum atomic E-state index is -0.107. The van der Waals surface area contributed by atoms with Gasteiger partial charge in [-0.1, -0.05) is 12.1 Å². The molecule has 2 amide bonds. The molecule has 0 bridgehead atoms. The third-order valence-electron chi connectivity index (χ3n) is 6.56. The van der Waals surface area contributed by atoms with Crippen LogP contribution in [0.5, 0.6) is 0 Å². The fraction of sp³-hybridized carbons (Fsp3) is 0.458. The molecule has 2 aliphatic rings. The Balaban J connectivity index is 1.13. The predicted octanol–water partition coefficient (Wildman–Crippen LogP) is 3.38. The number of carbonyl (C=O) groups excluding carboxylic acids is 2. The number of thiophene rings is 1. The van der Waals surface area contributed by atoms with Crippen LogP contribution in [0.2, 0.25) is 0 Å². The summed E-state index contributed by atoms with van der Waals surface area (Å²) in [6.45, 7) is 5.34. The van der Waals surface area contributed by atoms with Gasteiger partial charge in [0.05, 0.1) is 22.0 Å². The first-order valence-corrected chi connectivity index (χ1v) is 12.1. The van der Waals surface area contributed by atoms with Crippen molar-refractivity contribution in [3.05, 3.63) is 52.0 Å². The van der Waals surface area contributed by atoms with E-state index in [9.17, 15) is 9.59 Å². The van der Waals surface area contributed by atoms with E-state index in [2.05, 4.69) is 27.2 Å². The highest BCUT2D eigenvalue weighted by atomic mass is 32.1. The van der Waals surface area contributed by atoms with E-state index < -0.39 is 0 Å². The Hall–Kier alpha value is -2.71. The summed E-state index contributed by atoms with van der Waals surface area (Å²) in [5.74, 6) is 1.81. The molecule has 168 valence electrons. The normalized spacial score (nSPS) is 22.1. The Kier molecular flexibility index (Phi) is 5.73. The van der Waals surface area contributed by atoms with Crippen molar-refractivity contribution in [3.8, 4) is 0 Å². The van der Waals surface area contributed by atoms with E-state index >= 15 is 0 Å². The highest BCUT2D eigenvalue weighted by Crippen LogP contribution is 2.48. The van der Waals surface area contributed by atoms with Gasteiger partial charge < -0.3 is 20.1 Å². The molecule has 3 aromatic rings. The number of H-pyrrole nitrogens is 1. The maximum Gasteiger partial charge on any atom is 0.264 e. The fourth-order valence-electron chi connectivity index (χ4n) is 4.43. The summed E-state index contributed by atoms with van der Waals surface area (Å²) in [5.41, 5.74) is 2.02. The van der Waals surface area contributed by atoms with E-state index in [1.54, 1.807) is 0 Å². The van der Waals surface area contributed by atoms with Crippen LogP contribution in [0.25, 0.3) is 11.0 Å². The largest absolute Gasteiger partial charge is 0.349 e. The Morgan fingerprint density at radius 1 is 1.19 bits per heavy atom. The van der Waals surface area contributed by atoms with Crippen molar-refractivity contribution in [2.45, 2.75) is 31.7 Å². The molecule has 2 aromatic heterocycles. The van der Waals surface area contributed by atoms with Gasteiger partial charge in [0.25, 0.3) is 5.91 Å². The summed E-state index contributed by atoms with van der Waals surface area (Å²) in [7, 11) is 2.08. The fourth-order valence-corrected chi connectivity index (χ4v) is 5.41. The number of fused-ring (bicyclic) bond motifs is 1. The van der Waals surface area contributed by atoms with E-state index in [0.29, 0.717) is 18.3 Å². The quantitative estimate of drug-likeness (QED) is 0.602. The van der Waals surface area contributed by atoms with Crippen LogP contribution in [-0.4, -0.2) is 64.8 Å². The molecule has 1 saturated heterocycles. The Morgan fingerprint density at radius 2 is 1.97 bits per heavy atom. The monoisotopic (exact) mass is 451 g/mol. The lowest BCUT2D eigenvalue weighted by Gasteiger charge is -2.32. The molecule has 8 heteroatoms. The van der Waals surface area contributed by atoms with Gasteiger partial charge in [0.2, 0.25) is 5.91 Å². The summed E-state index contributed by atoms with van der Waals surface area (Å²) in [6.07, 6.45) is 1.49. The van der Waals surface area contributed by atoms with Gasteiger partial charge in [-0.2, -0.15) is 0 Å². The summed E-state index contributed by atoms with van der Waals surface area (Å²) < 4.78 is 0. The summed E-state index contributed by atoms with van der Waals surface area (Å²) in [5, 5.41) is 3.11. The van der Waals surface area contributed by atoms with Crippen LogP contribution in [0, 0.1) is 5.92 Å². The summed E-state index contributed by atoms with van der Waals surface area (Å²) in [4.78, 5) is 39.4. The Labute approximate surface area is 191 Å². The topological polar surface area (TPSA) is 81.3 Å². The maximum absolute atomic E-state index is 12.8. The lowest BCUT2D eigenvalue weighted by molar-refractivity contribution is -0.122. The predicted molar refractivity (Wildman–Crippen MR) is 126 cm³/mol. The standard InChI is InChI=1S/C24H29N5O2S/c1-15(20-7-8-21(32-20)24(31)29-11-9-28(2)10-12-29)25-22(30)14-16-13-17(16)23-26-18-5-3-4-6-19(18)27-23/h3-8,15-17H,9-14H2,1-2H3,(H,25,30)(H,26,27)/t15-,16-,17-/m1/s1. The first kappa shape index (κ1) is 21.2. The third kappa shape index (κ3) is 4.42. The number of hydrogen-bond donors (Lipinski definition) is 2. The average Bonchev–Trinajstić information content (AvgIpc) is 3.19. The van der Waals surface area contributed by atoms with Gasteiger partial charge in [0, 0.05) is 43.4 Å². The Morgan fingerprint density at radius 3 is 2.75 bits per heavy atom. The van der Waals surface area contributed by atoms with Crippen molar-refractivity contribution in [2.75, 3.05) is 33.2 Å². The first-order chi connectivity index (χ1) is 15.5. The molecule has 2 fully saturated rings. The lowest BCUT2D eigenvalue weighted by atomic mass is 10.2. The second-order valence-corrected chi connectivity index (χ2v) is 10.1. The molecule has 3 heterocycles. The highest BCUT2D eigenvalue weighted by molar-refractivity contribution is 7.14. The van der Waals surface area contributed by atoms with Gasteiger partial charge in [-0.25, -0.2) is 4.98 Å². The van der Waals surface area contributed by atoms with Crippen molar-refractivity contribution < 1.29 is 9.59 Å². The molecular weight excluding hydrogens is 422 g/mol. The lowest BCUT2D eigenvalue weighted by Crippen LogP contribution is -2.46. The number of nitrogens with one attached hydrogen (secondary N) is 2. The molecule has 32 heavy (non-hydrogen) atoms. The highest BCUT2D eigenvalue weighted by Gasteiger charge is 2.42. The molecule has 0 unspecified atom stereocenters. The average molecular weight is 452 g/mol. The molecule has 2 N–H and O–H groups in total. The van der Waals surface area contributed by atoms with E-state index in [-0.39, 0.29) is 17.9 Å². The molecule has 1 saturated carbocycles. The third-order valence-corrected chi connectivity index (χ3v) is 7.82. The number of piperazine rings is 1. The number of benzene rings is 1. The molecule has 0 radical (unpaired) electrons. The molecular formula is C24H29N5O2S. The van der Waals surface area contributed by atoms with Crippen molar-refractivity contribution in [1.82, 2.24) is 25.1 Å². The van der Waals surface area contributed by atoms with E-state index in [1.807, 2.05) is 48.2 Å². The van der Waals surface area contributed by atoms with Crippen LogP contribution < -0.4 is 5.32 Å². The van der Waals surface area contributed by atoms with Gasteiger partial charge in [-0.15, -0.1) is 11.3 Å². The number of nitrogens with zero attached hydrogens (tertiary/aromatic N) is 3. The van der Waals surface area contributed by atoms with Crippen molar-refractivity contribution >= 4 is 34.2 Å². The van der Waals surface area contributed by atoms with Crippen LogP contribution in [0.1, 0.15) is 52.1 Å². The Bertz CT molecular complexity index is 1100. The molecule has 3 atom stereocenters. The van der Waals surface area contributed by atoms with Crippen LogP contribution in [0.4, 0.5) is 0 Å². The number of imidazole rings is 1. The van der Waals surface area contributed by atoms with Crippen molar-refractivity contribution in [3.63, 3.8) is 0 Å². The minimum Gasteiger partial charge on any atom is -0.349 e. The first-order valence-electron chi connectivity index (χ1n) is 11.3. The number of likely N-dealkylation sites (N-methyl/N-ethyl adjacent to an activating group) is 1. The minimum absolute atomic E-state index is 0.0569. The number of rotatable bonds is 6. The van der Waals surface area contributed by atoms with Crippen molar-refractivity contribution in [2.24, 2.45) is 5.92 Å². The molecule has 0 spiro atoms. The van der Waals surface area contributed by atoms with Gasteiger partial charge in [-0.3, -0.25) is 9.59 Å². The van der Waals surface area contributed by atoms with Gasteiger partial charge in [0.1, 0.15) is 5.82 Å². The van der Waals surface area contributed by atoms with E-state index in [4.69, 9.17) is 0 Å². The van der Waals surface area contributed by atoms with Crippen molar-refractivity contribution in [1.29, 1.82) is 0 Å². The second kappa shape index (κ2) is 8.67. The summed E-state index contributed by atoms with van der Waals surface area (Å²) in [6, 6.07) is 11.8. The summed E-state index contributed by atoms with van der Waals surface area (Å²) >= 11 is 1.49. The molecule has 1 aromatic carbocycles. The molecule has 5 rings (SSSR count). The number of para-hydroxylation sites is 2. The van der Waals surface area contributed by atoms with Crippen LogP contribution in [-0.2, 0) is 4.79 Å². The van der Waals surface area contributed by atoms with Crippen LogP contribution in [0.15, 0.2) is 36.4 Å². The SMILES string of the molecule is C[C@@H](NC(=O)C[C@H]1C[C@H]1c1nc2ccccc2[nH]1)c1ccc(C(=O)N2CCN(C)CC2)s1. The smallest absolute Gasteiger partial charge is 0.264 e. The molecule has 1 aliphatic heterocycles. The maximum atomic E-state index is 12.8. The molecule has 7 nitrogen and oxygen atoms in total.